The minimum atomic E-state index is -0.581. The minimum Gasteiger partial charge on any atom is -0.462 e. The zero-order valence-electron chi connectivity index (χ0n) is 38.7. The Morgan fingerprint density at radius 3 is 1.15 bits per heavy atom. The van der Waals surface area contributed by atoms with Crippen LogP contribution in [0.25, 0.3) is 0 Å². The Morgan fingerprint density at radius 2 is 0.700 bits per heavy atom. The van der Waals surface area contributed by atoms with Crippen molar-refractivity contribution < 1.29 is 23.8 Å². The molecule has 0 aliphatic carbocycles. The van der Waals surface area contributed by atoms with Gasteiger partial charge in [-0.1, -0.05) is 174 Å². The summed E-state index contributed by atoms with van der Waals surface area (Å²) in [6.07, 6.45) is 69.2. The lowest BCUT2D eigenvalue weighted by Crippen LogP contribution is -2.30. The van der Waals surface area contributed by atoms with E-state index in [0.29, 0.717) is 19.4 Å². The van der Waals surface area contributed by atoms with E-state index in [1.807, 2.05) is 0 Å². The molecular formula is C55H88O5. The fourth-order valence-corrected chi connectivity index (χ4v) is 6.00. The number of allylic oxidation sites excluding steroid dienone is 20. The summed E-state index contributed by atoms with van der Waals surface area (Å²) in [6.45, 7) is 7.35. The molecule has 0 saturated heterocycles. The Balaban J connectivity index is 4.44. The van der Waals surface area contributed by atoms with Crippen molar-refractivity contribution in [2.24, 2.45) is 0 Å². The molecule has 0 aromatic rings. The van der Waals surface area contributed by atoms with Gasteiger partial charge in [-0.3, -0.25) is 9.59 Å². The van der Waals surface area contributed by atoms with Crippen LogP contribution in [-0.2, 0) is 23.8 Å². The van der Waals surface area contributed by atoms with Crippen molar-refractivity contribution in [3.8, 4) is 0 Å². The van der Waals surface area contributed by atoms with E-state index in [2.05, 4.69) is 142 Å². The Bertz CT molecular complexity index is 1260. The Labute approximate surface area is 369 Å². The van der Waals surface area contributed by atoms with Crippen LogP contribution in [0.5, 0.6) is 0 Å². The number of unbranched alkanes of at least 4 members (excludes halogenated alkanes) is 11. The third-order valence-corrected chi connectivity index (χ3v) is 9.47. The molecule has 338 valence electrons. The van der Waals surface area contributed by atoms with Crippen LogP contribution in [0.1, 0.15) is 188 Å². The molecule has 0 N–H and O–H groups in total. The highest BCUT2D eigenvalue weighted by Gasteiger charge is 2.17. The first kappa shape index (κ1) is 56.3. The SMILES string of the molecule is CC/C=C\C/C=C\C/C=C\C/C=C\CCCCC(=O)OCC(COCCCCCC/C=C\C/C=C\C/C=C\CC)OC(=O)CCCCCCC/C=C\C/C=C\C/C=C\CC. The summed E-state index contributed by atoms with van der Waals surface area (Å²) in [6, 6.07) is 0. The van der Waals surface area contributed by atoms with E-state index < -0.39 is 6.10 Å². The normalized spacial score (nSPS) is 13.3. The molecule has 0 aliphatic rings. The van der Waals surface area contributed by atoms with Gasteiger partial charge in [-0.25, -0.2) is 0 Å². The number of hydrogen-bond acceptors (Lipinski definition) is 5. The quantitative estimate of drug-likeness (QED) is 0.0348. The summed E-state index contributed by atoms with van der Waals surface area (Å²) in [4.78, 5) is 25.3. The lowest BCUT2D eigenvalue weighted by Gasteiger charge is -2.18. The van der Waals surface area contributed by atoms with Crippen molar-refractivity contribution in [1.29, 1.82) is 0 Å². The molecule has 0 amide bonds. The van der Waals surface area contributed by atoms with Gasteiger partial charge in [0, 0.05) is 19.4 Å². The summed E-state index contributed by atoms with van der Waals surface area (Å²) >= 11 is 0. The van der Waals surface area contributed by atoms with Gasteiger partial charge in [0.25, 0.3) is 0 Å². The molecule has 0 spiro atoms. The van der Waals surface area contributed by atoms with Crippen LogP contribution >= 0.6 is 0 Å². The summed E-state index contributed by atoms with van der Waals surface area (Å²) in [5, 5.41) is 0. The summed E-state index contributed by atoms with van der Waals surface area (Å²) in [5.74, 6) is -0.489. The third kappa shape index (κ3) is 47.0. The molecule has 60 heavy (non-hydrogen) atoms. The van der Waals surface area contributed by atoms with E-state index in [9.17, 15) is 9.59 Å². The molecule has 1 atom stereocenters. The van der Waals surface area contributed by atoms with Crippen LogP contribution in [0.2, 0.25) is 0 Å². The van der Waals surface area contributed by atoms with Crippen LogP contribution < -0.4 is 0 Å². The van der Waals surface area contributed by atoms with E-state index in [1.54, 1.807) is 0 Å². The number of rotatable bonds is 42. The van der Waals surface area contributed by atoms with Crippen LogP contribution in [-0.4, -0.2) is 37.9 Å². The van der Waals surface area contributed by atoms with Crippen molar-refractivity contribution >= 4 is 11.9 Å². The molecule has 0 radical (unpaired) electrons. The second kappa shape index (κ2) is 49.7. The molecule has 0 bridgehead atoms. The van der Waals surface area contributed by atoms with Crippen molar-refractivity contribution in [2.45, 2.75) is 194 Å². The van der Waals surface area contributed by atoms with E-state index in [4.69, 9.17) is 14.2 Å². The fraction of sp³-hybridized carbons (Fsp3) is 0.600. The molecule has 0 rings (SSSR count). The highest BCUT2D eigenvalue weighted by atomic mass is 16.6. The molecule has 1 unspecified atom stereocenters. The molecular weight excluding hydrogens is 741 g/mol. The monoisotopic (exact) mass is 829 g/mol. The highest BCUT2D eigenvalue weighted by molar-refractivity contribution is 5.70. The van der Waals surface area contributed by atoms with Crippen LogP contribution in [0.15, 0.2) is 122 Å². The number of carbonyl (C=O) groups is 2. The van der Waals surface area contributed by atoms with Gasteiger partial charge in [-0.05, 0) is 122 Å². The molecule has 0 saturated carbocycles. The topological polar surface area (TPSA) is 61.8 Å². The zero-order chi connectivity index (χ0) is 43.5. The zero-order valence-corrected chi connectivity index (χ0v) is 38.7. The van der Waals surface area contributed by atoms with Crippen molar-refractivity contribution in [3.05, 3.63) is 122 Å². The predicted octanol–water partition coefficient (Wildman–Crippen LogP) is 16.2. The van der Waals surface area contributed by atoms with Gasteiger partial charge in [0.2, 0.25) is 0 Å². The maximum Gasteiger partial charge on any atom is 0.306 e. The van der Waals surface area contributed by atoms with Gasteiger partial charge in [0.1, 0.15) is 6.61 Å². The first-order valence-corrected chi connectivity index (χ1v) is 24.1. The maximum atomic E-state index is 12.8. The van der Waals surface area contributed by atoms with Crippen molar-refractivity contribution in [3.63, 3.8) is 0 Å². The number of ether oxygens (including phenoxy) is 3. The fourth-order valence-electron chi connectivity index (χ4n) is 6.00. The van der Waals surface area contributed by atoms with Crippen molar-refractivity contribution in [2.75, 3.05) is 19.8 Å². The van der Waals surface area contributed by atoms with Gasteiger partial charge in [0.05, 0.1) is 6.61 Å². The molecule has 0 heterocycles. The van der Waals surface area contributed by atoms with Crippen LogP contribution in [0.3, 0.4) is 0 Å². The van der Waals surface area contributed by atoms with Gasteiger partial charge in [0.15, 0.2) is 6.10 Å². The summed E-state index contributed by atoms with van der Waals surface area (Å²) < 4.78 is 17.3. The Morgan fingerprint density at radius 1 is 0.367 bits per heavy atom. The van der Waals surface area contributed by atoms with Gasteiger partial charge in [-0.15, -0.1) is 0 Å². The minimum absolute atomic E-state index is 0.0393. The molecule has 5 nitrogen and oxygen atoms in total. The van der Waals surface area contributed by atoms with Crippen LogP contribution in [0, 0.1) is 0 Å². The van der Waals surface area contributed by atoms with Gasteiger partial charge < -0.3 is 14.2 Å². The number of esters is 2. The number of hydrogen-bond donors (Lipinski definition) is 0. The first-order chi connectivity index (χ1) is 29.6. The molecule has 5 heteroatoms. The maximum absolute atomic E-state index is 12.8. The number of carbonyl (C=O) groups excluding carboxylic acids is 2. The van der Waals surface area contributed by atoms with Gasteiger partial charge in [-0.2, -0.15) is 0 Å². The van der Waals surface area contributed by atoms with E-state index in [0.717, 1.165) is 135 Å². The average Bonchev–Trinajstić information content (AvgIpc) is 3.25. The largest absolute Gasteiger partial charge is 0.462 e. The standard InChI is InChI=1S/C55H88O5/c1-4-7-10-13-16-19-22-25-28-30-33-36-39-42-45-48-54(56)59-52-53(51-58-50-47-44-41-38-35-32-27-24-21-18-15-12-9-6-3)60-55(57)49-46-43-40-37-34-31-29-26-23-20-17-14-11-8-5-2/h7-12,16-21,25-29,32-33,36,53H,4-6,13-15,22-24,30-31,34-35,37-52H2,1-3H3/b10-7-,11-8-,12-9-,19-16-,20-17-,21-18-,28-25-,29-26-,32-27-,36-33-. The second-order valence-electron chi connectivity index (χ2n) is 15.2. The lowest BCUT2D eigenvalue weighted by molar-refractivity contribution is -0.163. The van der Waals surface area contributed by atoms with Crippen LogP contribution in [0.4, 0.5) is 0 Å². The Hall–Kier alpha value is -3.70. The van der Waals surface area contributed by atoms with Crippen molar-refractivity contribution in [1.82, 2.24) is 0 Å². The third-order valence-electron chi connectivity index (χ3n) is 9.47. The van der Waals surface area contributed by atoms with E-state index in [-0.39, 0.29) is 25.2 Å². The van der Waals surface area contributed by atoms with E-state index in [1.165, 1.54) is 19.3 Å². The molecule has 0 fully saturated rings. The first-order valence-electron chi connectivity index (χ1n) is 24.1. The predicted molar refractivity (Wildman–Crippen MR) is 260 cm³/mol. The second-order valence-corrected chi connectivity index (χ2v) is 15.2. The lowest BCUT2D eigenvalue weighted by atomic mass is 10.1. The highest BCUT2D eigenvalue weighted by Crippen LogP contribution is 2.11. The Kier molecular flexibility index (Phi) is 46.6. The van der Waals surface area contributed by atoms with E-state index >= 15 is 0 Å². The molecule has 0 aromatic carbocycles. The molecule has 0 aromatic heterocycles. The van der Waals surface area contributed by atoms with Gasteiger partial charge >= 0.3 is 11.9 Å². The smallest absolute Gasteiger partial charge is 0.306 e. The summed E-state index contributed by atoms with van der Waals surface area (Å²) in [7, 11) is 0. The molecule has 0 aliphatic heterocycles. The summed E-state index contributed by atoms with van der Waals surface area (Å²) in [5.41, 5.74) is 0. The average molecular weight is 829 g/mol.